The fourth-order valence-electron chi connectivity index (χ4n) is 1.35. The second-order valence-electron chi connectivity index (χ2n) is 3.33. The van der Waals surface area contributed by atoms with Crippen LogP contribution < -0.4 is 9.80 Å². The molecular formula is C9H10N2O+. The topological polar surface area (TPSA) is 29.1 Å². The number of fused-ring (bicyclic) bond motifs is 1. The normalized spacial score (nSPS) is 18.7. The van der Waals surface area contributed by atoms with Crippen molar-refractivity contribution in [1.29, 1.82) is 0 Å². The van der Waals surface area contributed by atoms with E-state index in [0.29, 0.717) is 0 Å². The first-order chi connectivity index (χ1) is 5.62. The van der Waals surface area contributed by atoms with E-state index < -0.39 is 0 Å². The van der Waals surface area contributed by atoms with Gasteiger partial charge in [0.25, 0.3) is 0 Å². The molecule has 61 valence electrons. The summed E-state index contributed by atoms with van der Waals surface area (Å²) in [5.41, 5.74) is 1.87. The Morgan fingerprint density at radius 3 is 2.92 bits per heavy atom. The number of amides is 2. The lowest BCUT2D eigenvalue weighted by Gasteiger charge is -2.17. The van der Waals surface area contributed by atoms with Crippen molar-refractivity contribution < 1.29 is 4.79 Å². The molecule has 0 fully saturated rings. The van der Waals surface area contributed by atoms with Gasteiger partial charge in [-0.25, -0.2) is 9.28 Å². The molecule has 0 bridgehead atoms. The third kappa shape index (κ3) is 0.769. The summed E-state index contributed by atoms with van der Waals surface area (Å²) in [6.07, 6.45) is 0. The zero-order valence-electron chi connectivity index (χ0n) is 7.09. The molecule has 3 heteroatoms. The Morgan fingerprint density at radius 2 is 2.25 bits per heavy atom. The molecule has 2 amide bonds. The highest BCUT2D eigenvalue weighted by Crippen LogP contribution is 2.34. The number of rotatable bonds is 0. The van der Waals surface area contributed by atoms with Crippen LogP contribution in [0.4, 0.5) is 16.2 Å². The van der Waals surface area contributed by atoms with Crippen molar-refractivity contribution in [2.24, 2.45) is 0 Å². The van der Waals surface area contributed by atoms with Gasteiger partial charge in [-0.2, -0.15) is 0 Å². The summed E-state index contributed by atoms with van der Waals surface area (Å²) in [5.74, 6) is 0. The molecule has 0 unspecified atom stereocenters. The van der Waals surface area contributed by atoms with Gasteiger partial charge in [0.15, 0.2) is 5.69 Å². The van der Waals surface area contributed by atoms with Gasteiger partial charge in [-0.1, -0.05) is 6.07 Å². The predicted molar refractivity (Wildman–Crippen MR) is 47.9 cm³/mol. The highest BCUT2D eigenvalue weighted by molar-refractivity contribution is 6.07. The molecule has 1 N–H and O–H groups in total. The van der Waals surface area contributed by atoms with E-state index in [1.165, 1.54) is 0 Å². The van der Waals surface area contributed by atoms with Crippen LogP contribution in [0.15, 0.2) is 18.2 Å². The second kappa shape index (κ2) is 2.08. The first-order valence-electron chi connectivity index (χ1n) is 3.78. The highest BCUT2D eigenvalue weighted by atomic mass is 16.2. The zero-order valence-corrected chi connectivity index (χ0v) is 7.09. The van der Waals surface area contributed by atoms with E-state index in [1.807, 2.05) is 26.2 Å². The predicted octanol–water partition coefficient (Wildman–Crippen LogP) is 1.60. The lowest BCUT2D eigenvalue weighted by Crippen LogP contribution is -2.44. The number of quaternary nitrogens is 1. The Labute approximate surface area is 71.2 Å². The average Bonchev–Trinajstić information content (AvgIpc) is 2.25. The van der Waals surface area contributed by atoms with E-state index in [0.717, 1.165) is 11.4 Å². The van der Waals surface area contributed by atoms with Crippen molar-refractivity contribution >= 4 is 17.4 Å². The molecule has 1 aliphatic heterocycles. The third-order valence-corrected chi connectivity index (χ3v) is 2.19. The molecule has 1 radical (unpaired) electrons. The minimum absolute atomic E-state index is 0.00426. The van der Waals surface area contributed by atoms with Crippen LogP contribution in [0.2, 0.25) is 0 Å². The van der Waals surface area contributed by atoms with Crippen molar-refractivity contribution in [3.8, 4) is 0 Å². The second-order valence-corrected chi connectivity index (χ2v) is 3.33. The van der Waals surface area contributed by atoms with E-state index in [4.69, 9.17) is 0 Å². The third-order valence-electron chi connectivity index (χ3n) is 2.19. The number of urea groups is 1. The van der Waals surface area contributed by atoms with Gasteiger partial charge in [0, 0.05) is 6.07 Å². The van der Waals surface area contributed by atoms with E-state index in [-0.39, 0.29) is 10.5 Å². The molecule has 0 aliphatic carbocycles. The van der Waals surface area contributed by atoms with Crippen LogP contribution in [0, 0.1) is 6.07 Å². The summed E-state index contributed by atoms with van der Waals surface area (Å²) in [6.45, 7) is 0. The van der Waals surface area contributed by atoms with Gasteiger partial charge < -0.3 is 0 Å². The molecule has 1 aromatic rings. The maximum absolute atomic E-state index is 11.4. The molecule has 1 heterocycles. The maximum atomic E-state index is 11.4. The standard InChI is InChI=1S/C9H9N2O/c1-11(2)8-6-4-3-5-7(8)10-9(11)12/h3,5-6H,1-2H3/p+1. The van der Waals surface area contributed by atoms with Crippen LogP contribution in [0.3, 0.4) is 0 Å². The molecule has 1 aliphatic rings. The molecule has 0 atom stereocenters. The van der Waals surface area contributed by atoms with Gasteiger partial charge in [0.2, 0.25) is 0 Å². The van der Waals surface area contributed by atoms with Gasteiger partial charge in [0.05, 0.1) is 14.1 Å². The van der Waals surface area contributed by atoms with Crippen molar-refractivity contribution in [2.45, 2.75) is 0 Å². The summed E-state index contributed by atoms with van der Waals surface area (Å²) >= 11 is 0. The van der Waals surface area contributed by atoms with E-state index in [2.05, 4.69) is 11.4 Å². The lowest BCUT2D eigenvalue weighted by molar-refractivity contribution is 0.233. The van der Waals surface area contributed by atoms with Crippen molar-refractivity contribution in [2.75, 3.05) is 19.4 Å². The lowest BCUT2D eigenvalue weighted by atomic mass is 10.2. The molecular weight excluding hydrogens is 152 g/mol. The minimum atomic E-state index is 0.00426. The Bertz CT molecular complexity index is 344. The van der Waals surface area contributed by atoms with E-state index in [9.17, 15) is 4.79 Å². The SMILES string of the molecule is C[N+]1(C)C(=O)Nc2cc[c]cc21. The molecule has 1 aromatic carbocycles. The quantitative estimate of drug-likeness (QED) is 0.577. The van der Waals surface area contributed by atoms with Crippen molar-refractivity contribution in [3.05, 3.63) is 24.3 Å². The monoisotopic (exact) mass is 162 g/mol. The molecule has 0 spiro atoms. The van der Waals surface area contributed by atoms with Crippen LogP contribution in [-0.2, 0) is 0 Å². The maximum Gasteiger partial charge on any atom is 0.425 e. The van der Waals surface area contributed by atoms with Crippen molar-refractivity contribution in [3.63, 3.8) is 0 Å². The van der Waals surface area contributed by atoms with Crippen LogP contribution in [0.5, 0.6) is 0 Å². The fourth-order valence-corrected chi connectivity index (χ4v) is 1.35. The average molecular weight is 162 g/mol. The van der Waals surface area contributed by atoms with Gasteiger partial charge in [0.1, 0.15) is 5.69 Å². The number of carbonyl (C=O) groups is 1. The summed E-state index contributed by atoms with van der Waals surface area (Å²) in [4.78, 5) is 11.4. The molecule has 2 rings (SSSR count). The Hall–Kier alpha value is -1.35. The smallest absolute Gasteiger partial charge is 0.269 e. The minimum Gasteiger partial charge on any atom is -0.269 e. The number of hydrogen-bond acceptors (Lipinski definition) is 1. The van der Waals surface area contributed by atoms with Gasteiger partial charge in [-0.05, 0) is 12.1 Å². The Kier molecular flexibility index (Phi) is 1.26. The van der Waals surface area contributed by atoms with Crippen LogP contribution in [0.25, 0.3) is 0 Å². The Balaban J connectivity index is 2.63. The first-order valence-corrected chi connectivity index (χ1v) is 3.78. The fraction of sp³-hybridized carbons (Fsp3) is 0.222. The van der Waals surface area contributed by atoms with Crippen LogP contribution in [-0.4, -0.2) is 20.1 Å². The van der Waals surface area contributed by atoms with Gasteiger partial charge in [-0.3, -0.25) is 5.32 Å². The number of nitrogens with one attached hydrogen (secondary N) is 1. The first kappa shape index (κ1) is 7.31. The van der Waals surface area contributed by atoms with Gasteiger partial charge in [-0.15, -0.1) is 0 Å². The summed E-state index contributed by atoms with van der Waals surface area (Å²) < 4.78 is 0.257. The van der Waals surface area contributed by atoms with Gasteiger partial charge >= 0.3 is 6.03 Å². The number of anilines is 1. The molecule has 3 nitrogen and oxygen atoms in total. The Morgan fingerprint density at radius 1 is 1.50 bits per heavy atom. The number of carbonyl (C=O) groups excluding carboxylic acids is 1. The van der Waals surface area contributed by atoms with Crippen LogP contribution in [0.1, 0.15) is 0 Å². The number of benzene rings is 1. The molecule has 0 saturated heterocycles. The van der Waals surface area contributed by atoms with Crippen LogP contribution >= 0.6 is 0 Å². The summed E-state index contributed by atoms with van der Waals surface area (Å²) in [6, 6.07) is 8.46. The largest absolute Gasteiger partial charge is 0.425 e. The number of hydrogen-bond donors (Lipinski definition) is 1. The summed E-state index contributed by atoms with van der Waals surface area (Å²) in [7, 11) is 3.71. The van der Waals surface area contributed by atoms with E-state index >= 15 is 0 Å². The number of nitrogens with zero attached hydrogens (tertiary/aromatic N) is 1. The molecule has 12 heavy (non-hydrogen) atoms. The van der Waals surface area contributed by atoms with Crippen molar-refractivity contribution in [1.82, 2.24) is 4.48 Å². The molecule has 0 saturated carbocycles. The molecule has 0 aromatic heterocycles. The summed E-state index contributed by atoms with van der Waals surface area (Å²) in [5, 5.41) is 2.80. The zero-order chi connectivity index (χ0) is 8.77. The highest BCUT2D eigenvalue weighted by Gasteiger charge is 2.38. The van der Waals surface area contributed by atoms with E-state index in [1.54, 1.807) is 6.07 Å².